The van der Waals surface area contributed by atoms with Crippen molar-refractivity contribution in [2.75, 3.05) is 0 Å². The maximum Gasteiger partial charge on any atom is 0.129 e. The maximum absolute atomic E-state index is 10.6. The van der Waals surface area contributed by atoms with Gasteiger partial charge < -0.3 is 0 Å². The second-order valence-corrected chi connectivity index (χ2v) is 5.11. The second kappa shape index (κ2) is 4.06. The molecule has 1 saturated carbocycles. The Morgan fingerprint density at radius 1 is 1.57 bits per heavy atom. The average Bonchev–Trinajstić information content (AvgIpc) is 3.00. The summed E-state index contributed by atoms with van der Waals surface area (Å²) >= 11 is 9.80. The maximum atomic E-state index is 10.6. The first-order valence-corrected chi connectivity index (χ1v) is 6.00. The Morgan fingerprint density at radius 2 is 2.29 bits per heavy atom. The molecule has 0 heterocycles. The number of alkyl halides is 2. The molecule has 0 saturated heterocycles. The van der Waals surface area contributed by atoms with Crippen molar-refractivity contribution in [3.63, 3.8) is 0 Å². The van der Waals surface area contributed by atoms with Gasteiger partial charge in [0.05, 0.1) is 11.0 Å². The molecule has 2 rings (SSSR count). The summed E-state index contributed by atoms with van der Waals surface area (Å²) in [7, 11) is 0. The Morgan fingerprint density at radius 3 is 2.86 bits per heavy atom. The molecule has 0 aliphatic heterocycles. The molecule has 2 aliphatic rings. The number of halogens is 2. The molecule has 0 aromatic heterocycles. The van der Waals surface area contributed by atoms with Crippen molar-refractivity contribution < 1.29 is 4.79 Å². The van der Waals surface area contributed by atoms with E-state index < -0.39 is 0 Å². The van der Waals surface area contributed by atoms with E-state index in [1.54, 1.807) is 6.08 Å². The monoisotopic (exact) mass is 272 g/mol. The smallest absolute Gasteiger partial charge is 0.129 e. The van der Waals surface area contributed by atoms with Crippen molar-refractivity contribution in [1.82, 2.24) is 0 Å². The lowest BCUT2D eigenvalue weighted by molar-refractivity contribution is 0.567. The van der Waals surface area contributed by atoms with Crippen LogP contribution in [0.5, 0.6) is 0 Å². The van der Waals surface area contributed by atoms with Gasteiger partial charge in [-0.2, -0.15) is 0 Å². The van der Waals surface area contributed by atoms with Gasteiger partial charge in [0.25, 0.3) is 0 Å². The fourth-order valence-corrected chi connectivity index (χ4v) is 3.01. The van der Waals surface area contributed by atoms with Crippen molar-refractivity contribution in [2.24, 2.45) is 5.92 Å². The summed E-state index contributed by atoms with van der Waals surface area (Å²) < 4.78 is 0. The van der Waals surface area contributed by atoms with Crippen LogP contribution in [0.3, 0.4) is 0 Å². The van der Waals surface area contributed by atoms with Crippen LogP contribution in [0.1, 0.15) is 12.8 Å². The largest absolute Gasteiger partial charge is 0.233 e. The van der Waals surface area contributed by atoms with Crippen molar-refractivity contribution in [3.05, 3.63) is 29.4 Å². The third kappa shape index (κ3) is 1.88. The summed E-state index contributed by atoms with van der Waals surface area (Å²) in [6, 6.07) is 0. The molecule has 0 spiro atoms. The van der Waals surface area contributed by atoms with Crippen molar-refractivity contribution in [2.45, 2.75) is 23.0 Å². The molecule has 14 heavy (non-hydrogen) atoms. The SMILES string of the molecule is O=C=C1C=CC=C(C(Br)C2CC2)C1Cl. The third-order valence-corrected chi connectivity index (χ3v) is 4.37. The molecule has 0 amide bonds. The fraction of sp³-hybridized carbons (Fsp3) is 0.455. The highest BCUT2D eigenvalue weighted by molar-refractivity contribution is 9.09. The highest BCUT2D eigenvalue weighted by Crippen LogP contribution is 2.43. The van der Waals surface area contributed by atoms with Crippen LogP contribution in [0.25, 0.3) is 0 Å². The van der Waals surface area contributed by atoms with E-state index in [9.17, 15) is 4.79 Å². The first-order valence-electron chi connectivity index (χ1n) is 4.65. The molecular formula is C11H10BrClO. The Balaban J connectivity index is 2.21. The minimum absolute atomic E-state index is 0.303. The van der Waals surface area contributed by atoms with Crippen LogP contribution >= 0.6 is 27.5 Å². The van der Waals surface area contributed by atoms with E-state index >= 15 is 0 Å². The lowest BCUT2D eigenvalue weighted by Gasteiger charge is -2.20. The molecule has 2 aliphatic carbocycles. The zero-order chi connectivity index (χ0) is 10.1. The molecule has 0 bridgehead atoms. The molecule has 2 unspecified atom stereocenters. The highest BCUT2D eigenvalue weighted by atomic mass is 79.9. The van der Waals surface area contributed by atoms with Gasteiger partial charge in [-0.25, -0.2) is 4.79 Å². The third-order valence-electron chi connectivity index (χ3n) is 2.60. The summed E-state index contributed by atoms with van der Waals surface area (Å²) in [6.07, 6.45) is 8.09. The van der Waals surface area contributed by atoms with E-state index in [1.807, 2.05) is 18.1 Å². The molecule has 2 atom stereocenters. The number of hydrogen-bond donors (Lipinski definition) is 0. The molecule has 3 heteroatoms. The summed E-state index contributed by atoms with van der Waals surface area (Å²) in [5.74, 6) is 2.58. The fourth-order valence-electron chi connectivity index (χ4n) is 1.59. The average molecular weight is 274 g/mol. The molecule has 0 N–H and O–H groups in total. The molecule has 1 fully saturated rings. The van der Waals surface area contributed by atoms with E-state index in [0.29, 0.717) is 16.3 Å². The highest BCUT2D eigenvalue weighted by Gasteiger charge is 2.35. The van der Waals surface area contributed by atoms with Crippen LogP contribution in [-0.4, -0.2) is 16.1 Å². The van der Waals surface area contributed by atoms with Crippen LogP contribution < -0.4 is 0 Å². The Labute approximate surface area is 96.6 Å². The van der Waals surface area contributed by atoms with E-state index in [1.165, 1.54) is 12.8 Å². The summed E-state index contributed by atoms with van der Waals surface area (Å²) in [6.45, 7) is 0. The van der Waals surface area contributed by atoms with Gasteiger partial charge in [0.1, 0.15) is 5.94 Å². The van der Waals surface area contributed by atoms with Gasteiger partial charge in [-0.15, -0.1) is 11.6 Å². The Kier molecular flexibility index (Phi) is 2.96. The predicted octanol–water partition coefficient (Wildman–Crippen LogP) is 3.02. The number of allylic oxidation sites excluding steroid dienone is 5. The van der Waals surface area contributed by atoms with Crippen LogP contribution in [0, 0.1) is 5.92 Å². The molecule has 0 radical (unpaired) electrons. The van der Waals surface area contributed by atoms with E-state index in [4.69, 9.17) is 11.6 Å². The minimum Gasteiger partial charge on any atom is -0.233 e. The normalized spacial score (nSPS) is 28.3. The van der Waals surface area contributed by atoms with E-state index in [0.717, 1.165) is 5.57 Å². The van der Waals surface area contributed by atoms with Gasteiger partial charge >= 0.3 is 0 Å². The van der Waals surface area contributed by atoms with Crippen LogP contribution in [0.4, 0.5) is 0 Å². The van der Waals surface area contributed by atoms with Crippen LogP contribution in [0.15, 0.2) is 29.4 Å². The zero-order valence-electron chi connectivity index (χ0n) is 7.54. The second-order valence-electron chi connectivity index (χ2n) is 3.68. The van der Waals surface area contributed by atoms with Crippen LogP contribution in [-0.2, 0) is 4.79 Å². The van der Waals surface area contributed by atoms with Crippen molar-refractivity contribution >= 4 is 33.5 Å². The van der Waals surface area contributed by atoms with Crippen molar-refractivity contribution in [1.29, 1.82) is 0 Å². The standard InChI is InChI=1S/C11H10BrClO/c12-10(7-4-5-7)9-3-1-2-8(6-14)11(9)13/h1-3,7,10-11H,4-5H2. The molecular weight excluding hydrogens is 263 g/mol. The predicted molar refractivity (Wildman–Crippen MR) is 61.5 cm³/mol. The van der Waals surface area contributed by atoms with E-state index in [2.05, 4.69) is 15.9 Å². The summed E-state index contributed by atoms with van der Waals surface area (Å²) in [5.41, 5.74) is 1.63. The topological polar surface area (TPSA) is 17.1 Å². The molecule has 74 valence electrons. The van der Waals surface area contributed by atoms with Crippen molar-refractivity contribution in [3.8, 4) is 0 Å². The zero-order valence-corrected chi connectivity index (χ0v) is 9.88. The summed E-state index contributed by atoms with van der Waals surface area (Å²) in [4.78, 5) is 10.9. The van der Waals surface area contributed by atoms with Gasteiger partial charge in [-0.3, -0.25) is 0 Å². The van der Waals surface area contributed by atoms with Gasteiger partial charge in [-0.1, -0.05) is 28.1 Å². The Hall–Kier alpha value is -0.300. The van der Waals surface area contributed by atoms with Gasteiger partial charge in [0.15, 0.2) is 0 Å². The molecule has 0 aromatic rings. The first-order chi connectivity index (χ1) is 6.74. The lowest BCUT2D eigenvalue weighted by Crippen LogP contribution is -2.18. The number of carbonyl (C=O) groups excluding carboxylic acids is 1. The number of hydrogen-bond acceptors (Lipinski definition) is 1. The quantitative estimate of drug-likeness (QED) is 0.558. The molecule has 1 nitrogen and oxygen atoms in total. The van der Waals surface area contributed by atoms with Gasteiger partial charge in [-0.05, 0) is 30.4 Å². The molecule has 0 aromatic carbocycles. The lowest BCUT2D eigenvalue weighted by atomic mass is 9.96. The number of rotatable bonds is 2. The van der Waals surface area contributed by atoms with Gasteiger partial charge in [0, 0.05) is 4.83 Å². The van der Waals surface area contributed by atoms with E-state index in [-0.39, 0.29) is 5.38 Å². The minimum atomic E-state index is -0.303. The Bertz CT molecular complexity index is 348. The summed E-state index contributed by atoms with van der Waals surface area (Å²) in [5, 5.41) is -0.303. The van der Waals surface area contributed by atoms with Gasteiger partial charge in [0.2, 0.25) is 0 Å². The first kappa shape index (κ1) is 10.2. The van der Waals surface area contributed by atoms with Crippen LogP contribution in [0.2, 0.25) is 0 Å².